The molecule has 3 aromatic rings. The van der Waals surface area contributed by atoms with E-state index in [0.29, 0.717) is 19.6 Å². The standard InChI is InChI=1S/C24H28N4O3/c1-16-9-10-18(17(2)14-16)27-23(29)15-28-20-7-4-3-6-19(20)26-22(28)11-12-25-24(30)21-8-5-13-31-21/h3-4,6-7,9-10,14,21H,5,8,11-13,15H2,1-2H3,(H,25,30)(H,27,29). The minimum atomic E-state index is -0.345. The van der Waals surface area contributed by atoms with Gasteiger partial charge in [0.25, 0.3) is 0 Å². The van der Waals surface area contributed by atoms with Gasteiger partial charge in [0.15, 0.2) is 0 Å². The van der Waals surface area contributed by atoms with Crippen LogP contribution in [0.15, 0.2) is 42.5 Å². The van der Waals surface area contributed by atoms with Gasteiger partial charge in [-0.25, -0.2) is 4.98 Å². The number of carbonyl (C=O) groups excluding carboxylic acids is 2. The molecule has 2 amide bonds. The van der Waals surface area contributed by atoms with Gasteiger partial charge in [0.05, 0.1) is 11.0 Å². The van der Waals surface area contributed by atoms with Gasteiger partial charge in [0.2, 0.25) is 11.8 Å². The number of amides is 2. The van der Waals surface area contributed by atoms with E-state index in [-0.39, 0.29) is 24.5 Å². The van der Waals surface area contributed by atoms with Crippen molar-refractivity contribution in [1.82, 2.24) is 14.9 Å². The maximum atomic E-state index is 12.8. The van der Waals surface area contributed by atoms with Crippen LogP contribution in [-0.4, -0.2) is 40.6 Å². The Balaban J connectivity index is 1.46. The summed E-state index contributed by atoms with van der Waals surface area (Å²) in [4.78, 5) is 29.7. The summed E-state index contributed by atoms with van der Waals surface area (Å²) in [5, 5.41) is 5.94. The van der Waals surface area contributed by atoms with Crippen LogP contribution in [-0.2, 0) is 27.3 Å². The summed E-state index contributed by atoms with van der Waals surface area (Å²) in [6.07, 6.45) is 1.87. The molecule has 0 bridgehead atoms. The second-order valence-corrected chi connectivity index (χ2v) is 8.01. The molecule has 2 heterocycles. The number of aromatic nitrogens is 2. The fraction of sp³-hybridized carbons (Fsp3) is 0.375. The molecule has 0 radical (unpaired) electrons. The van der Waals surface area contributed by atoms with E-state index in [1.165, 1.54) is 0 Å². The zero-order valence-corrected chi connectivity index (χ0v) is 18.0. The first-order valence-corrected chi connectivity index (χ1v) is 10.7. The van der Waals surface area contributed by atoms with Gasteiger partial charge in [-0.1, -0.05) is 29.8 Å². The number of carbonyl (C=O) groups is 2. The molecule has 1 unspecified atom stereocenters. The minimum absolute atomic E-state index is 0.0762. The highest BCUT2D eigenvalue weighted by Gasteiger charge is 2.23. The molecular weight excluding hydrogens is 392 g/mol. The van der Waals surface area contributed by atoms with E-state index < -0.39 is 0 Å². The first-order valence-electron chi connectivity index (χ1n) is 10.7. The van der Waals surface area contributed by atoms with Gasteiger partial charge in [-0.05, 0) is 50.5 Å². The summed E-state index contributed by atoms with van der Waals surface area (Å²) in [5.41, 5.74) is 4.73. The lowest BCUT2D eigenvalue weighted by atomic mass is 10.1. The number of hydrogen-bond acceptors (Lipinski definition) is 4. The number of hydrogen-bond donors (Lipinski definition) is 2. The Bertz CT molecular complexity index is 1100. The topological polar surface area (TPSA) is 85.2 Å². The van der Waals surface area contributed by atoms with E-state index in [1.54, 1.807) is 0 Å². The highest BCUT2D eigenvalue weighted by molar-refractivity contribution is 5.92. The molecule has 162 valence electrons. The van der Waals surface area contributed by atoms with Gasteiger partial charge >= 0.3 is 0 Å². The summed E-state index contributed by atoms with van der Waals surface area (Å²) in [6.45, 7) is 5.25. The van der Waals surface area contributed by atoms with Crippen LogP contribution in [0.25, 0.3) is 11.0 Å². The molecule has 1 aliphatic heterocycles. The SMILES string of the molecule is Cc1ccc(NC(=O)Cn2c(CCNC(=O)C3CCCO3)nc3ccccc32)c(C)c1. The average molecular weight is 421 g/mol. The second-order valence-electron chi connectivity index (χ2n) is 8.01. The number of nitrogens with zero attached hydrogens (tertiary/aromatic N) is 2. The van der Waals surface area contributed by atoms with Gasteiger partial charge in [-0.15, -0.1) is 0 Å². The van der Waals surface area contributed by atoms with Crippen molar-refractivity contribution < 1.29 is 14.3 Å². The summed E-state index contributed by atoms with van der Waals surface area (Å²) >= 11 is 0. The number of rotatable bonds is 7. The summed E-state index contributed by atoms with van der Waals surface area (Å²) in [6, 6.07) is 13.7. The minimum Gasteiger partial charge on any atom is -0.368 e. The van der Waals surface area contributed by atoms with Crippen LogP contribution in [0.4, 0.5) is 5.69 Å². The van der Waals surface area contributed by atoms with Crippen molar-refractivity contribution in [3.8, 4) is 0 Å². The maximum absolute atomic E-state index is 12.8. The van der Waals surface area contributed by atoms with E-state index in [9.17, 15) is 9.59 Å². The number of para-hydroxylation sites is 2. The first kappa shape index (κ1) is 21.1. The zero-order valence-electron chi connectivity index (χ0n) is 18.0. The molecule has 0 spiro atoms. The number of benzene rings is 2. The maximum Gasteiger partial charge on any atom is 0.249 e. The van der Waals surface area contributed by atoms with Crippen LogP contribution < -0.4 is 10.6 Å². The van der Waals surface area contributed by atoms with E-state index in [2.05, 4.69) is 10.6 Å². The molecule has 1 aromatic heterocycles. The third-order valence-corrected chi connectivity index (χ3v) is 5.56. The molecule has 31 heavy (non-hydrogen) atoms. The van der Waals surface area contributed by atoms with Crippen molar-refractivity contribution in [3.63, 3.8) is 0 Å². The normalized spacial score (nSPS) is 15.9. The van der Waals surface area contributed by atoms with Crippen LogP contribution in [0.2, 0.25) is 0 Å². The Morgan fingerprint density at radius 2 is 2.03 bits per heavy atom. The first-order chi connectivity index (χ1) is 15.0. The Morgan fingerprint density at radius 3 is 2.81 bits per heavy atom. The average Bonchev–Trinajstić information content (AvgIpc) is 3.39. The predicted octanol–water partition coefficient (Wildman–Crippen LogP) is 3.13. The molecule has 1 atom stereocenters. The molecule has 2 N–H and O–H groups in total. The zero-order chi connectivity index (χ0) is 21.8. The molecule has 2 aromatic carbocycles. The lowest BCUT2D eigenvalue weighted by molar-refractivity contribution is -0.130. The van der Waals surface area contributed by atoms with E-state index in [4.69, 9.17) is 9.72 Å². The summed E-state index contributed by atoms with van der Waals surface area (Å²) in [5.74, 6) is 0.581. The molecule has 0 saturated carbocycles. The fourth-order valence-electron chi connectivity index (χ4n) is 3.98. The third-order valence-electron chi connectivity index (χ3n) is 5.56. The van der Waals surface area contributed by atoms with Crippen LogP contribution in [0.5, 0.6) is 0 Å². The molecule has 1 aliphatic rings. The quantitative estimate of drug-likeness (QED) is 0.615. The van der Waals surface area contributed by atoms with Gasteiger partial charge < -0.3 is 19.9 Å². The van der Waals surface area contributed by atoms with Crippen molar-refractivity contribution in [1.29, 1.82) is 0 Å². The Morgan fingerprint density at radius 1 is 1.19 bits per heavy atom. The molecule has 0 aliphatic carbocycles. The lowest BCUT2D eigenvalue weighted by Crippen LogP contribution is -2.35. The number of aryl methyl sites for hydroxylation is 2. The van der Waals surface area contributed by atoms with Crippen molar-refractivity contribution in [3.05, 3.63) is 59.4 Å². The van der Waals surface area contributed by atoms with Crippen molar-refractivity contribution in [2.75, 3.05) is 18.5 Å². The van der Waals surface area contributed by atoms with Crippen LogP contribution in [0, 0.1) is 13.8 Å². The summed E-state index contributed by atoms with van der Waals surface area (Å²) in [7, 11) is 0. The Kier molecular flexibility index (Phi) is 6.32. The molecule has 7 heteroatoms. The second kappa shape index (κ2) is 9.31. The lowest BCUT2D eigenvalue weighted by Gasteiger charge is -2.13. The van der Waals surface area contributed by atoms with Gasteiger partial charge in [0.1, 0.15) is 18.5 Å². The fourth-order valence-corrected chi connectivity index (χ4v) is 3.98. The molecule has 1 fully saturated rings. The highest BCUT2D eigenvalue weighted by Crippen LogP contribution is 2.19. The number of nitrogens with one attached hydrogen (secondary N) is 2. The monoisotopic (exact) mass is 420 g/mol. The van der Waals surface area contributed by atoms with Crippen LogP contribution in [0.3, 0.4) is 0 Å². The highest BCUT2D eigenvalue weighted by atomic mass is 16.5. The largest absolute Gasteiger partial charge is 0.368 e. The molecular formula is C24H28N4O3. The van der Waals surface area contributed by atoms with Crippen LogP contribution in [0.1, 0.15) is 29.8 Å². The number of ether oxygens (including phenoxy) is 1. The Hall–Kier alpha value is -3.19. The van der Waals surface area contributed by atoms with Gasteiger partial charge in [0, 0.05) is 25.3 Å². The van der Waals surface area contributed by atoms with Gasteiger partial charge in [-0.3, -0.25) is 9.59 Å². The van der Waals surface area contributed by atoms with Crippen molar-refractivity contribution >= 4 is 28.5 Å². The number of anilines is 1. The van der Waals surface area contributed by atoms with E-state index in [1.807, 2.05) is 60.9 Å². The van der Waals surface area contributed by atoms with E-state index >= 15 is 0 Å². The van der Waals surface area contributed by atoms with E-state index in [0.717, 1.165) is 46.5 Å². The Labute approximate surface area is 181 Å². The number of imidazole rings is 1. The molecule has 4 rings (SSSR count). The molecule has 1 saturated heterocycles. The van der Waals surface area contributed by atoms with Gasteiger partial charge in [-0.2, -0.15) is 0 Å². The third kappa shape index (κ3) is 4.94. The molecule has 7 nitrogen and oxygen atoms in total. The van der Waals surface area contributed by atoms with Crippen molar-refractivity contribution in [2.24, 2.45) is 0 Å². The summed E-state index contributed by atoms with van der Waals surface area (Å²) < 4.78 is 7.35. The predicted molar refractivity (Wildman–Crippen MR) is 120 cm³/mol. The smallest absolute Gasteiger partial charge is 0.249 e. The number of fused-ring (bicyclic) bond motifs is 1. The van der Waals surface area contributed by atoms with Crippen molar-refractivity contribution in [2.45, 2.75) is 45.8 Å². The van der Waals surface area contributed by atoms with Crippen LogP contribution >= 0.6 is 0 Å².